The summed E-state index contributed by atoms with van der Waals surface area (Å²) in [6.07, 6.45) is 5.26. The minimum absolute atomic E-state index is 0.0407. The van der Waals surface area contributed by atoms with Crippen LogP contribution >= 0.6 is 0 Å². The van der Waals surface area contributed by atoms with Crippen LogP contribution in [-0.2, 0) is 9.47 Å². The van der Waals surface area contributed by atoms with Crippen molar-refractivity contribution < 1.29 is 23.8 Å². The molecule has 5 rings (SSSR count). The molecule has 224 valence electrons. The topological polar surface area (TPSA) is 110 Å². The number of hydrogen-bond acceptors (Lipinski definition) is 8. The van der Waals surface area contributed by atoms with Crippen LogP contribution in [0.4, 0.5) is 4.79 Å². The van der Waals surface area contributed by atoms with Gasteiger partial charge in [-0.1, -0.05) is 6.07 Å². The zero-order chi connectivity index (χ0) is 30.0. The molecule has 0 spiro atoms. The highest BCUT2D eigenvalue weighted by molar-refractivity contribution is 5.94. The zero-order valence-corrected chi connectivity index (χ0v) is 25.3. The van der Waals surface area contributed by atoms with Crippen LogP contribution < -0.4 is 4.74 Å². The average Bonchev–Trinajstić information content (AvgIpc) is 3.65. The van der Waals surface area contributed by atoms with E-state index < -0.39 is 17.7 Å². The highest BCUT2D eigenvalue weighted by Gasteiger charge is 2.33. The fourth-order valence-electron chi connectivity index (χ4n) is 5.38. The van der Waals surface area contributed by atoms with Crippen LogP contribution in [0, 0.1) is 6.92 Å². The highest BCUT2D eigenvalue weighted by atomic mass is 16.6. The highest BCUT2D eigenvalue weighted by Crippen LogP contribution is 2.40. The lowest BCUT2D eigenvalue weighted by atomic mass is 10.0. The van der Waals surface area contributed by atoms with E-state index in [0.717, 1.165) is 22.5 Å². The molecular formula is C32H41N5O5. The minimum atomic E-state index is -0.548. The number of amides is 1. The lowest BCUT2D eigenvalue weighted by Crippen LogP contribution is -2.55. The second-order valence-electron chi connectivity index (χ2n) is 12.3. The molecule has 2 fully saturated rings. The number of benzene rings is 1. The molecule has 10 nitrogen and oxygen atoms in total. The summed E-state index contributed by atoms with van der Waals surface area (Å²) < 4.78 is 17.4. The number of hydrogen-bond donors (Lipinski definition) is 1. The minimum Gasteiger partial charge on any atom is -0.482 e. The standard InChI is InChI=1S/C32H41N5O5/c1-20-15-28(25(30(38)40-6)16-24(20)26-11-12-34-35-26)41-29(27-10-9-23(17-33-27)22-7-8-22)19-36-13-14-37(21(2)18-36)31(39)42-32(3,4)5/h9-12,15-17,21-22,29H,7-8,13-14,18-19H2,1-6H3,(H,34,35)/t21-,29-/m1/s1. The number of H-pyrrole nitrogens is 1. The largest absolute Gasteiger partial charge is 0.482 e. The first-order valence-corrected chi connectivity index (χ1v) is 14.6. The molecule has 2 aliphatic rings. The van der Waals surface area contributed by atoms with Gasteiger partial charge in [-0.3, -0.25) is 15.0 Å². The molecule has 3 aromatic rings. The van der Waals surface area contributed by atoms with E-state index in [9.17, 15) is 9.59 Å². The molecule has 1 saturated carbocycles. The lowest BCUT2D eigenvalue weighted by molar-refractivity contribution is -0.00317. The monoisotopic (exact) mass is 575 g/mol. The number of ether oxygens (including phenoxy) is 3. The number of carbonyl (C=O) groups is 2. The normalized spacial score (nSPS) is 18.4. The number of aromatic amines is 1. The van der Waals surface area contributed by atoms with Gasteiger partial charge in [0.25, 0.3) is 0 Å². The molecular weight excluding hydrogens is 534 g/mol. The van der Waals surface area contributed by atoms with Crippen LogP contribution in [0.15, 0.2) is 42.7 Å². The summed E-state index contributed by atoms with van der Waals surface area (Å²) in [6, 6.07) is 9.64. The van der Waals surface area contributed by atoms with E-state index >= 15 is 0 Å². The van der Waals surface area contributed by atoms with Crippen LogP contribution in [-0.4, -0.2) is 82.0 Å². The molecule has 1 saturated heterocycles. The van der Waals surface area contributed by atoms with Gasteiger partial charge in [-0.05, 0) is 88.8 Å². The maximum atomic E-state index is 12.9. The number of nitrogens with zero attached hydrogens (tertiary/aromatic N) is 4. The summed E-state index contributed by atoms with van der Waals surface area (Å²) in [7, 11) is 1.36. The van der Waals surface area contributed by atoms with Gasteiger partial charge in [-0.15, -0.1) is 0 Å². The number of pyridine rings is 1. The Hall–Kier alpha value is -3.92. The van der Waals surface area contributed by atoms with Gasteiger partial charge in [0.15, 0.2) is 6.10 Å². The quantitative estimate of drug-likeness (QED) is 0.351. The predicted molar refractivity (Wildman–Crippen MR) is 159 cm³/mol. The molecule has 2 aromatic heterocycles. The molecule has 1 N–H and O–H groups in total. The lowest BCUT2D eigenvalue weighted by Gasteiger charge is -2.41. The number of nitrogens with one attached hydrogen (secondary N) is 1. The van der Waals surface area contributed by atoms with Gasteiger partial charge in [0.2, 0.25) is 0 Å². The van der Waals surface area contributed by atoms with Crippen LogP contribution in [0.1, 0.15) is 79.7 Å². The molecule has 0 radical (unpaired) electrons. The molecule has 1 amide bonds. The van der Waals surface area contributed by atoms with Gasteiger partial charge in [-0.25, -0.2) is 9.59 Å². The Labute approximate surface area is 247 Å². The number of aromatic nitrogens is 3. The molecule has 0 unspecified atom stereocenters. The third kappa shape index (κ3) is 6.92. The Bertz CT molecular complexity index is 1400. The predicted octanol–water partition coefficient (Wildman–Crippen LogP) is 5.51. The van der Waals surface area contributed by atoms with Gasteiger partial charge >= 0.3 is 12.1 Å². The summed E-state index contributed by atoms with van der Waals surface area (Å²) in [5, 5.41) is 7.02. The summed E-state index contributed by atoms with van der Waals surface area (Å²) in [5.74, 6) is 0.540. The summed E-state index contributed by atoms with van der Waals surface area (Å²) in [6.45, 7) is 12.0. The van der Waals surface area contributed by atoms with Crippen molar-refractivity contribution in [2.45, 2.75) is 71.1 Å². The summed E-state index contributed by atoms with van der Waals surface area (Å²) in [5.41, 5.74) is 4.38. The average molecular weight is 576 g/mol. The van der Waals surface area contributed by atoms with Gasteiger partial charge < -0.3 is 19.1 Å². The Morgan fingerprint density at radius 1 is 1.14 bits per heavy atom. The fraction of sp³-hybridized carbons (Fsp3) is 0.500. The second-order valence-corrected chi connectivity index (χ2v) is 12.3. The van der Waals surface area contributed by atoms with Crippen molar-refractivity contribution in [1.82, 2.24) is 25.0 Å². The van der Waals surface area contributed by atoms with Crippen molar-refractivity contribution >= 4 is 12.1 Å². The van der Waals surface area contributed by atoms with E-state index in [1.165, 1.54) is 25.5 Å². The maximum absolute atomic E-state index is 12.9. The third-order valence-corrected chi connectivity index (χ3v) is 7.74. The number of aryl methyl sites for hydroxylation is 1. The molecule has 1 aliphatic heterocycles. The number of esters is 1. The number of piperazine rings is 1. The van der Waals surface area contributed by atoms with Crippen LogP contribution in [0.25, 0.3) is 11.3 Å². The number of carbonyl (C=O) groups excluding carboxylic acids is 2. The van der Waals surface area contributed by atoms with Crippen LogP contribution in [0.3, 0.4) is 0 Å². The van der Waals surface area contributed by atoms with Crippen LogP contribution in [0.2, 0.25) is 0 Å². The molecule has 1 aromatic carbocycles. The molecule has 10 heteroatoms. The second kappa shape index (κ2) is 12.1. The van der Waals surface area contributed by atoms with Crippen molar-refractivity contribution in [3.05, 3.63) is 65.1 Å². The molecule has 0 bridgehead atoms. The van der Waals surface area contributed by atoms with E-state index in [-0.39, 0.29) is 12.1 Å². The maximum Gasteiger partial charge on any atom is 0.410 e. The van der Waals surface area contributed by atoms with E-state index in [0.29, 0.717) is 43.4 Å². The summed E-state index contributed by atoms with van der Waals surface area (Å²) in [4.78, 5) is 34.6. The van der Waals surface area contributed by atoms with Crippen molar-refractivity contribution in [2.75, 3.05) is 33.3 Å². The van der Waals surface area contributed by atoms with Gasteiger partial charge in [0.05, 0.1) is 18.5 Å². The smallest absolute Gasteiger partial charge is 0.410 e. The van der Waals surface area contributed by atoms with Gasteiger partial charge in [0.1, 0.15) is 16.9 Å². The summed E-state index contributed by atoms with van der Waals surface area (Å²) >= 11 is 0. The van der Waals surface area contributed by atoms with E-state index in [1.54, 1.807) is 17.2 Å². The Balaban J connectivity index is 1.41. The first-order chi connectivity index (χ1) is 20.0. The van der Waals surface area contributed by atoms with Gasteiger partial charge in [-0.2, -0.15) is 5.10 Å². The van der Waals surface area contributed by atoms with E-state index in [2.05, 4.69) is 21.2 Å². The molecule has 1 aliphatic carbocycles. The Kier molecular flexibility index (Phi) is 8.54. The van der Waals surface area contributed by atoms with Crippen molar-refractivity contribution in [2.24, 2.45) is 0 Å². The Morgan fingerprint density at radius 2 is 1.93 bits per heavy atom. The van der Waals surface area contributed by atoms with Crippen LogP contribution in [0.5, 0.6) is 5.75 Å². The Morgan fingerprint density at radius 3 is 2.52 bits per heavy atom. The zero-order valence-electron chi connectivity index (χ0n) is 25.3. The first-order valence-electron chi connectivity index (χ1n) is 14.6. The van der Waals surface area contributed by atoms with E-state index in [4.69, 9.17) is 19.2 Å². The molecule has 42 heavy (non-hydrogen) atoms. The SMILES string of the molecule is COC(=O)c1cc(-c2ccn[nH]2)c(C)cc1O[C@H](CN1CCN(C(=O)OC(C)(C)C)[C@H](C)C1)c1ccc(C2CC2)cn1. The number of rotatable bonds is 8. The molecule has 2 atom stereocenters. The van der Waals surface area contributed by atoms with Crippen molar-refractivity contribution in [1.29, 1.82) is 0 Å². The molecule has 3 heterocycles. The van der Waals surface area contributed by atoms with E-state index in [1.807, 2.05) is 59.0 Å². The van der Waals surface area contributed by atoms with Crippen molar-refractivity contribution in [3.8, 4) is 17.0 Å². The van der Waals surface area contributed by atoms with Crippen molar-refractivity contribution in [3.63, 3.8) is 0 Å². The first kappa shape index (κ1) is 29.6. The van der Waals surface area contributed by atoms with Gasteiger partial charge in [0, 0.05) is 50.2 Å². The fourth-order valence-corrected chi connectivity index (χ4v) is 5.38. The number of methoxy groups -OCH3 is 1. The third-order valence-electron chi connectivity index (χ3n) is 7.74.